The molecule has 148 valence electrons. The average Bonchev–Trinajstić information content (AvgIpc) is 3.24. The highest BCUT2D eigenvalue weighted by Crippen LogP contribution is 2.30. The number of para-hydroxylation sites is 1. The van der Waals surface area contributed by atoms with Gasteiger partial charge in [-0.3, -0.25) is 14.4 Å². The van der Waals surface area contributed by atoms with Crippen LogP contribution in [0.1, 0.15) is 32.9 Å². The van der Waals surface area contributed by atoms with Gasteiger partial charge in [0.15, 0.2) is 5.13 Å². The third-order valence-corrected chi connectivity index (χ3v) is 6.07. The van der Waals surface area contributed by atoms with E-state index in [2.05, 4.69) is 5.10 Å². The highest BCUT2D eigenvalue weighted by atomic mass is 32.1. The summed E-state index contributed by atoms with van der Waals surface area (Å²) in [5.74, 6) is -0.0249. The lowest BCUT2D eigenvalue weighted by Gasteiger charge is -2.21. The second kappa shape index (κ2) is 7.79. The standard InChI is InChI=1S/C23H24N4OS/c1-15-9-10-19(16(2)13-15)22(28)26(11-12-27-18(4)14-17(3)25-27)23-24-20-7-5-6-8-21(20)29-23/h5-10,13-14H,11-12H2,1-4H3. The Labute approximate surface area is 174 Å². The minimum atomic E-state index is -0.0249. The van der Waals surface area contributed by atoms with Crippen molar-refractivity contribution in [3.05, 3.63) is 76.6 Å². The molecule has 0 fully saturated rings. The van der Waals surface area contributed by atoms with Crippen LogP contribution in [0, 0.1) is 27.7 Å². The number of amides is 1. The molecule has 4 rings (SSSR count). The van der Waals surface area contributed by atoms with Crippen molar-refractivity contribution in [2.45, 2.75) is 34.2 Å². The van der Waals surface area contributed by atoms with Gasteiger partial charge in [0.2, 0.25) is 0 Å². The molecule has 2 heterocycles. The predicted octanol–water partition coefficient (Wildman–Crippen LogP) is 5.07. The highest BCUT2D eigenvalue weighted by molar-refractivity contribution is 7.22. The Morgan fingerprint density at radius 1 is 1.07 bits per heavy atom. The molecule has 0 radical (unpaired) electrons. The maximum Gasteiger partial charge on any atom is 0.260 e. The molecule has 2 aromatic carbocycles. The van der Waals surface area contributed by atoms with Crippen LogP contribution in [0.15, 0.2) is 48.5 Å². The van der Waals surface area contributed by atoms with E-state index in [4.69, 9.17) is 4.98 Å². The highest BCUT2D eigenvalue weighted by Gasteiger charge is 2.23. The molecule has 0 aliphatic rings. The number of aromatic nitrogens is 3. The summed E-state index contributed by atoms with van der Waals surface area (Å²) >= 11 is 1.55. The van der Waals surface area contributed by atoms with Gasteiger partial charge < -0.3 is 0 Å². The number of hydrogen-bond acceptors (Lipinski definition) is 4. The number of fused-ring (bicyclic) bond motifs is 1. The SMILES string of the molecule is Cc1ccc(C(=O)N(CCn2nc(C)cc2C)c2nc3ccccc3s2)c(C)c1. The zero-order chi connectivity index (χ0) is 20.5. The molecule has 0 spiro atoms. The Hall–Kier alpha value is -2.99. The quantitative estimate of drug-likeness (QED) is 0.466. The van der Waals surface area contributed by atoms with Gasteiger partial charge in [0.05, 0.1) is 22.5 Å². The van der Waals surface area contributed by atoms with Crippen LogP contribution >= 0.6 is 11.3 Å². The van der Waals surface area contributed by atoms with Gasteiger partial charge in [-0.25, -0.2) is 4.98 Å². The second-order valence-electron chi connectivity index (χ2n) is 7.39. The summed E-state index contributed by atoms with van der Waals surface area (Å²) in [4.78, 5) is 20.1. The van der Waals surface area contributed by atoms with Gasteiger partial charge >= 0.3 is 0 Å². The van der Waals surface area contributed by atoms with Gasteiger partial charge in [0.25, 0.3) is 5.91 Å². The molecule has 0 bridgehead atoms. The topological polar surface area (TPSA) is 51.0 Å². The van der Waals surface area contributed by atoms with Crippen molar-refractivity contribution in [1.82, 2.24) is 14.8 Å². The van der Waals surface area contributed by atoms with E-state index in [1.54, 1.807) is 16.2 Å². The molecule has 1 amide bonds. The van der Waals surface area contributed by atoms with E-state index >= 15 is 0 Å². The van der Waals surface area contributed by atoms with Crippen molar-refractivity contribution >= 4 is 32.6 Å². The largest absolute Gasteiger partial charge is 0.282 e. The third-order valence-electron chi connectivity index (χ3n) is 5.01. The van der Waals surface area contributed by atoms with Crippen LogP contribution in [0.2, 0.25) is 0 Å². The number of aryl methyl sites for hydroxylation is 4. The second-order valence-corrected chi connectivity index (χ2v) is 8.40. The maximum atomic E-state index is 13.5. The maximum absolute atomic E-state index is 13.5. The molecule has 0 atom stereocenters. The van der Waals surface area contributed by atoms with E-state index in [0.29, 0.717) is 18.7 Å². The zero-order valence-corrected chi connectivity index (χ0v) is 18.0. The number of nitrogens with zero attached hydrogens (tertiary/aromatic N) is 4. The Morgan fingerprint density at radius 2 is 1.86 bits per heavy atom. The van der Waals surface area contributed by atoms with Crippen molar-refractivity contribution in [2.24, 2.45) is 0 Å². The number of carbonyl (C=O) groups excluding carboxylic acids is 1. The van der Waals surface area contributed by atoms with Crippen LogP contribution in [0.4, 0.5) is 5.13 Å². The Balaban J connectivity index is 1.71. The Morgan fingerprint density at radius 3 is 2.55 bits per heavy atom. The Bertz CT molecular complexity index is 1160. The van der Waals surface area contributed by atoms with Gasteiger partial charge in [-0.2, -0.15) is 5.10 Å². The lowest BCUT2D eigenvalue weighted by Crippen LogP contribution is -2.34. The van der Waals surface area contributed by atoms with Gasteiger partial charge in [-0.15, -0.1) is 0 Å². The van der Waals surface area contributed by atoms with Gasteiger partial charge in [-0.05, 0) is 57.5 Å². The Kier molecular flexibility index (Phi) is 5.20. The van der Waals surface area contributed by atoms with Crippen LogP contribution in [0.3, 0.4) is 0 Å². The lowest BCUT2D eigenvalue weighted by molar-refractivity contribution is 0.0985. The van der Waals surface area contributed by atoms with Crippen LogP contribution < -0.4 is 4.90 Å². The van der Waals surface area contributed by atoms with Crippen molar-refractivity contribution in [2.75, 3.05) is 11.4 Å². The number of hydrogen-bond donors (Lipinski definition) is 0. The summed E-state index contributed by atoms with van der Waals surface area (Å²) in [5, 5.41) is 5.26. The summed E-state index contributed by atoms with van der Waals surface area (Å²) in [6, 6.07) is 16.0. The molecular weight excluding hydrogens is 380 g/mol. The van der Waals surface area contributed by atoms with E-state index in [1.807, 2.05) is 80.9 Å². The first-order valence-electron chi connectivity index (χ1n) is 9.68. The first kappa shape index (κ1) is 19.3. The smallest absolute Gasteiger partial charge is 0.260 e. The molecule has 4 aromatic rings. The van der Waals surface area contributed by atoms with E-state index < -0.39 is 0 Å². The van der Waals surface area contributed by atoms with Crippen molar-refractivity contribution in [3.63, 3.8) is 0 Å². The van der Waals surface area contributed by atoms with E-state index in [0.717, 1.165) is 37.9 Å². The summed E-state index contributed by atoms with van der Waals surface area (Å²) in [6.07, 6.45) is 0. The van der Waals surface area contributed by atoms with Crippen LogP contribution in [-0.2, 0) is 6.54 Å². The minimum absolute atomic E-state index is 0.0249. The number of thiazole rings is 1. The first-order valence-corrected chi connectivity index (χ1v) is 10.5. The molecule has 29 heavy (non-hydrogen) atoms. The van der Waals surface area contributed by atoms with E-state index in [1.165, 1.54) is 0 Å². The molecule has 5 nitrogen and oxygen atoms in total. The molecule has 0 aliphatic heterocycles. The molecule has 0 unspecified atom stereocenters. The third kappa shape index (κ3) is 3.93. The van der Waals surface area contributed by atoms with E-state index in [9.17, 15) is 4.79 Å². The van der Waals surface area contributed by atoms with Gasteiger partial charge in [-0.1, -0.05) is 41.2 Å². The molecule has 0 saturated heterocycles. The van der Waals surface area contributed by atoms with Crippen molar-refractivity contribution < 1.29 is 4.79 Å². The molecule has 2 aromatic heterocycles. The monoisotopic (exact) mass is 404 g/mol. The molecule has 0 N–H and O–H groups in total. The van der Waals surface area contributed by atoms with Gasteiger partial charge in [0.1, 0.15) is 0 Å². The number of carbonyl (C=O) groups is 1. The summed E-state index contributed by atoms with van der Waals surface area (Å²) in [7, 11) is 0. The zero-order valence-electron chi connectivity index (χ0n) is 17.1. The molecule has 6 heteroatoms. The fourth-order valence-electron chi connectivity index (χ4n) is 3.55. The number of benzene rings is 2. The molecule has 0 aliphatic carbocycles. The molecular formula is C23H24N4OS. The van der Waals surface area contributed by atoms with Crippen LogP contribution in [0.5, 0.6) is 0 Å². The minimum Gasteiger partial charge on any atom is -0.282 e. The fraction of sp³-hybridized carbons (Fsp3) is 0.261. The van der Waals surface area contributed by atoms with Crippen molar-refractivity contribution in [1.29, 1.82) is 0 Å². The van der Waals surface area contributed by atoms with Crippen molar-refractivity contribution in [3.8, 4) is 0 Å². The van der Waals surface area contributed by atoms with Gasteiger partial charge in [0, 0.05) is 17.8 Å². The average molecular weight is 405 g/mol. The van der Waals surface area contributed by atoms with Crippen LogP contribution in [0.25, 0.3) is 10.2 Å². The number of rotatable bonds is 5. The number of anilines is 1. The fourth-order valence-corrected chi connectivity index (χ4v) is 4.54. The summed E-state index contributed by atoms with van der Waals surface area (Å²) < 4.78 is 3.03. The summed E-state index contributed by atoms with van der Waals surface area (Å²) in [6.45, 7) is 9.16. The molecule has 0 saturated carbocycles. The predicted molar refractivity (Wildman–Crippen MR) is 119 cm³/mol. The first-order chi connectivity index (χ1) is 13.9. The normalized spacial score (nSPS) is 11.2. The van der Waals surface area contributed by atoms with E-state index in [-0.39, 0.29) is 5.91 Å². The van der Waals surface area contributed by atoms with Crippen LogP contribution in [-0.4, -0.2) is 27.2 Å². The summed E-state index contributed by atoms with van der Waals surface area (Å²) in [5.41, 5.74) is 5.82. The lowest BCUT2D eigenvalue weighted by atomic mass is 10.0.